The molecule has 0 fully saturated rings. The molecule has 0 radical (unpaired) electrons. The Labute approximate surface area is 208 Å². The van der Waals surface area contributed by atoms with Crippen molar-refractivity contribution >= 4 is 39.3 Å². The third-order valence-electron chi connectivity index (χ3n) is 4.52. The average molecular weight is 518 g/mol. The van der Waals surface area contributed by atoms with Gasteiger partial charge in [0.1, 0.15) is 5.82 Å². The molecule has 1 atom stereocenters. The Morgan fingerprint density at radius 3 is 2.25 bits per heavy atom. The summed E-state index contributed by atoms with van der Waals surface area (Å²) in [6.45, 7) is 5.01. The fraction of sp³-hybridized carbons (Fsp3) is 0.167. The number of nitrogens with one attached hydrogen (secondary N) is 1. The topological polar surface area (TPSA) is 180 Å². The minimum absolute atomic E-state index is 0.0359. The Hall–Kier alpha value is -4.13. The molecular weight excluding hydrogens is 490 g/mol. The lowest BCUT2D eigenvalue weighted by atomic mass is 9.80. The molecule has 1 unspecified atom stereocenters. The Kier molecular flexibility index (Phi) is 11.9. The fourth-order valence-electron chi connectivity index (χ4n) is 2.59. The van der Waals surface area contributed by atoms with Gasteiger partial charge in [-0.2, -0.15) is 8.42 Å². The van der Waals surface area contributed by atoms with Crippen LogP contribution in [0.5, 0.6) is 0 Å². The number of allylic oxidation sites excluding steroid dienone is 2. The lowest BCUT2D eigenvalue weighted by Crippen LogP contribution is -2.28. The van der Waals surface area contributed by atoms with Crippen LogP contribution in [0, 0.1) is 5.41 Å². The second kappa shape index (κ2) is 14.3. The number of carboxylic acid groups (broad SMARTS) is 2. The molecule has 3 aromatic rings. The quantitative estimate of drug-likeness (QED) is 0.372. The van der Waals surface area contributed by atoms with Gasteiger partial charge in [-0.05, 0) is 31.6 Å². The van der Waals surface area contributed by atoms with Crippen molar-refractivity contribution in [1.29, 1.82) is 0 Å². The maximum atomic E-state index is 10.8. The maximum Gasteiger partial charge on any atom is 0.397 e. The van der Waals surface area contributed by atoms with Crippen LogP contribution in [0.1, 0.15) is 19.2 Å². The van der Waals surface area contributed by atoms with Crippen molar-refractivity contribution in [3.63, 3.8) is 0 Å². The number of pyridine rings is 1. The number of para-hydroxylation sites is 1. The van der Waals surface area contributed by atoms with Crippen LogP contribution in [0.25, 0.3) is 17.0 Å². The summed E-state index contributed by atoms with van der Waals surface area (Å²) in [6.07, 6.45) is 11.4. The molecule has 0 saturated heterocycles. The van der Waals surface area contributed by atoms with Gasteiger partial charge in [-0.3, -0.25) is 18.5 Å². The van der Waals surface area contributed by atoms with E-state index in [0.29, 0.717) is 0 Å². The standard InChI is InChI=1S/C9H7N.C9H10O4.C5H6N2.CH4O4S/c1-2-6-9-8(4-1)5-3-7-10-9;1-9(8(12)13)4-2-3-6(5-9)7(10)11;1-2-5-6-3-4-7-5;1-5-6(2,3)4/h1-7H;2-4H,5H2,1H3,(H,10,11)(H,12,13);2-4H,1H2,(H,6,7);1H3,(H,2,3,4). The first-order chi connectivity index (χ1) is 16.9. The molecule has 2 heterocycles. The molecule has 4 rings (SSSR count). The molecule has 192 valence electrons. The summed E-state index contributed by atoms with van der Waals surface area (Å²) in [7, 11) is -3.29. The average Bonchev–Trinajstić information content (AvgIpc) is 3.39. The number of nitrogens with zero attached hydrogens (tertiary/aromatic N) is 2. The van der Waals surface area contributed by atoms with E-state index in [-0.39, 0.29) is 12.0 Å². The summed E-state index contributed by atoms with van der Waals surface area (Å²) in [5, 5.41) is 18.7. The normalized spacial score (nSPS) is 16.0. The van der Waals surface area contributed by atoms with Gasteiger partial charge in [-0.15, -0.1) is 0 Å². The molecule has 0 saturated carbocycles. The number of hydrogen-bond acceptors (Lipinski definition) is 7. The second-order valence-corrected chi connectivity index (χ2v) is 8.41. The highest BCUT2D eigenvalue weighted by molar-refractivity contribution is 7.80. The Balaban J connectivity index is 0.000000251. The zero-order valence-corrected chi connectivity index (χ0v) is 20.4. The predicted octanol–water partition coefficient (Wildman–Crippen LogP) is 3.77. The first-order valence-corrected chi connectivity index (χ1v) is 11.6. The van der Waals surface area contributed by atoms with Crippen molar-refractivity contribution in [1.82, 2.24) is 15.0 Å². The lowest BCUT2D eigenvalue weighted by Gasteiger charge is -2.23. The van der Waals surface area contributed by atoms with Crippen molar-refractivity contribution in [2.75, 3.05) is 7.11 Å². The van der Waals surface area contributed by atoms with Gasteiger partial charge in [0.25, 0.3) is 0 Å². The number of carboxylic acids is 2. The smallest absolute Gasteiger partial charge is 0.397 e. The van der Waals surface area contributed by atoms with E-state index in [1.165, 1.54) is 30.5 Å². The number of fused-ring (bicyclic) bond motifs is 1. The molecule has 1 aliphatic rings. The van der Waals surface area contributed by atoms with Crippen molar-refractivity contribution < 1.29 is 37.0 Å². The van der Waals surface area contributed by atoms with E-state index < -0.39 is 27.8 Å². The summed E-state index contributed by atoms with van der Waals surface area (Å²) in [5.41, 5.74) is 0.111. The van der Waals surface area contributed by atoms with E-state index in [1.807, 2.05) is 30.5 Å². The zero-order chi connectivity index (χ0) is 27.2. The minimum Gasteiger partial charge on any atom is -0.481 e. The molecule has 4 N–H and O–H groups in total. The van der Waals surface area contributed by atoms with E-state index in [0.717, 1.165) is 18.5 Å². The van der Waals surface area contributed by atoms with Gasteiger partial charge in [0, 0.05) is 29.5 Å². The Morgan fingerprint density at radius 2 is 1.78 bits per heavy atom. The SMILES string of the molecule is C=Cc1ncc[nH]1.CC1(C(=O)O)C=CC=C(C(=O)O)C1.COS(=O)(=O)O.c1ccc2ncccc2c1. The monoisotopic (exact) mass is 517 g/mol. The molecule has 36 heavy (non-hydrogen) atoms. The van der Waals surface area contributed by atoms with E-state index in [4.69, 9.17) is 14.8 Å². The van der Waals surface area contributed by atoms with Gasteiger partial charge in [-0.1, -0.05) is 49.1 Å². The van der Waals surface area contributed by atoms with Crippen molar-refractivity contribution in [3.05, 3.63) is 91.2 Å². The van der Waals surface area contributed by atoms with Crippen LogP contribution >= 0.6 is 0 Å². The highest BCUT2D eigenvalue weighted by atomic mass is 32.3. The molecule has 0 bridgehead atoms. The third kappa shape index (κ3) is 10.9. The maximum absolute atomic E-state index is 10.8. The number of hydrogen-bond donors (Lipinski definition) is 4. The first-order valence-electron chi connectivity index (χ1n) is 10.2. The van der Waals surface area contributed by atoms with Crippen molar-refractivity contribution in [3.8, 4) is 0 Å². The fourth-order valence-corrected chi connectivity index (χ4v) is 2.59. The molecule has 11 nitrogen and oxygen atoms in total. The summed E-state index contributed by atoms with van der Waals surface area (Å²) in [5.74, 6) is -1.24. The highest BCUT2D eigenvalue weighted by Gasteiger charge is 2.34. The number of imidazole rings is 1. The van der Waals surface area contributed by atoms with E-state index in [2.05, 4.69) is 37.8 Å². The van der Waals surface area contributed by atoms with Gasteiger partial charge < -0.3 is 15.2 Å². The van der Waals surface area contributed by atoms with Crippen LogP contribution in [-0.2, 0) is 24.2 Å². The molecule has 2 aromatic heterocycles. The molecule has 12 heteroatoms. The Bertz CT molecular complexity index is 1250. The molecule has 0 spiro atoms. The summed E-state index contributed by atoms with van der Waals surface area (Å²) in [4.78, 5) is 32.2. The second-order valence-electron chi connectivity index (χ2n) is 7.22. The number of rotatable bonds is 4. The van der Waals surface area contributed by atoms with Crippen LogP contribution in [-0.4, -0.2) is 57.2 Å². The highest BCUT2D eigenvalue weighted by Crippen LogP contribution is 2.31. The predicted molar refractivity (Wildman–Crippen MR) is 134 cm³/mol. The van der Waals surface area contributed by atoms with Crippen LogP contribution in [0.3, 0.4) is 0 Å². The first kappa shape index (κ1) is 29.9. The molecular formula is C24H27N3O8S. The number of H-pyrrole nitrogens is 1. The minimum atomic E-state index is -4.16. The number of aromatic nitrogens is 3. The summed E-state index contributed by atoms with van der Waals surface area (Å²) in [6, 6.07) is 12.1. The zero-order valence-electron chi connectivity index (χ0n) is 19.6. The van der Waals surface area contributed by atoms with E-state index >= 15 is 0 Å². The molecule has 1 aliphatic carbocycles. The number of benzene rings is 1. The van der Waals surface area contributed by atoms with E-state index in [1.54, 1.807) is 18.5 Å². The van der Waals surface area contributed by atoms with Crippen LogP contribution in [0.15, 0.2) is 85.4 Å². The van der Waals surface area contributed by atoms with E-state index in [9.17, 15) is 18.0 Å². The molecule has 1 aromatic carbocycles. The molecule has 0 aliphatic heterocycles. The molecule has 0 amide bonds. The van der Waals surface area contributed by atoms with Gasteiger partial charge in [0.15, 0.2) is 0 Å². The lowest BCUT2D eigenvalue weighted by molar-refractivity contribution is -0.145. The number of aromatic amines is 1. The van der Waals surface area contributed by atoms with Crippen LogP contribution in [0.4, 0.5) is 0 Å². The van der Waals surface area contributed by atoms with Gasteiger partial charge in [-0.25, -0.2) is 9.78 Å². The van der Waals surface area contributed by atoms with Crippen molar-refractivity contribution in [2.24, 2.45) is 5.41 Å². The summed E-state index contributed by atoms with van der Waals surface area (Å²) >= 11 is 0. The van der Waals surface area contributed by atoms with Crippen LogP contribution in [0.2, 0.25) is 0 Å². The van der Waals surface area contributed by atoms with Gasteiger partial charge in [0.2, 0.25) is 0 Å². The van der Waals surface area contributed by atoms with Gasteiger partial charge in [0.05, 0.1) is 18.0 Å². The number of aliphatic carboxylic acids is 2. The number of carbonyl (C=O) groups is 2. The Morgan fingerprint density at radius 1 is 1.14 bits per heavy atom. The van der Waals surface area contributed by atoms with Crippen molar-refractivity contribution in [2.45, 2.75) is 13.3 Å². The van der Waals surface area contributed by atoms with Gasteiger partial charge >= 0.3 is 22.3 Å². The summed E-state index contributed by atoms with van der Waals surface area (Å²) < 4.78 is 29.7. The largest absolute Gasteiger partial charge is 0.481 e. The van der Waals surface area contributed by atoms with Crippen LogP contribution < -0.4 is 0 Å². The third-order valence-corrected chi connectivity index (χ3v) is 4.94.